The maximum absolute atomic E-state index is 12.9. The zero-order valence-corrected chi connectivity index (χ0v) is 19.4. The number of aromatic nitrogens is 1. The number of sulfonamides is 1. The van der Waals surface area contributed by atoms with Crippen LogP contribution >= 0.6 is 11.3 Å². The molecule has 0 saturated carbocycles. The van der Waals surface area contributed by atoms with E-state index in [4.69, 9.17) is 9.15 Å². The van der Waals surface area contributed by atoms with E-state index in [1.165, 1.54) is 11.3 Å². The molecule has 0 spiro atoms. The normalized spacial score (nSPS) is 15.4. The molecule has 0 aliphatic carbocycles. The van der Waals surface area contributed by atoms with Gasteiger partial charge >= 0.3 is 5.97 Å². The van der Waals surface area contributed by atoms with Crippen LogP contribution in [0.1, 0.15) is 43.4 Å². The van der Waals surface area contributed by atoms with Crippen LogP contribution in [0, 0.1) is 0 Å². The van der Waals surface area contributed by atoms with Gasteiger partial charge in [-0.3, -0.25) is 4.79 Å². The number of nitrogens with zero attached hydrogens (tertiary/aromatic N) is 2. The van der Waals surface area contributed by atoms with Crippen LogP contribution in [0.4, 0.5) is 0 Å². The fourth-order valence-corrected chi connectivity index (χ4v) is 5.91. The lowest BCUT2D eigenvalue weighted by molar-refractivity contribution is -0.145. The van der Waals surface area contributed by atoms with Crippen LogP contribution in [0.3, 0.4) is 0 Å². The molecule has 7 nitrogen and oxygen atoms in total. The number of rotatable bonds is 8. The molecular formula is C23H26N2O5S2. The number of hydrogen-bond acceptors (Lipinski definition) is 7. The van der Waals surface area contributed by atoms with E-state index in [1.807, 2.05) is 11.4 Å². The molecule has 9 heteroatoms. The Morgan fingerprint density at radius 3 is 2.53 bits per heavy atom. The first-order valence-corrected chi connectivity index (χ1v) is 13.1. The average Bonchev–Trinajstić information content (AvgIpc) is 3.42. The van der Waals surface area contributed by atoms with Gasteiger partial charge in [0.1, 0.15) is 6.61 Å². The summed E-state index contributed by atoms with van der Waals surface area (Å²) in [4.78, 5) is 16.8. The molecule has 1 saturated heterocycles. The summed E-state index contributed by atoms with van der Waals surface area (Å²) in [6, 6.07) is 10.4. The van der Waals surface area contributed by atoms with E-state index in [0.29, 0.717) is 35.9 Å². The second-order valence-corrected chi connectivity index (χ2v) is 10.5. The Morgan fingerprint density at radius 2 is 1.84 bits per heavy atom. The van der Waals surface area contributed by atoms with E-state index in [1.54, 1.807) is 40.9 Å². The summed E-state index contributed by atoms with van der Waals surface area (Å²) in [6.45, 7) is 1.28. The molecule has 32 heavy (non-hydrogen) atoms. The molecular weight excluding hydrogens is 448 g/mol. The van der Waals surface area contributed by atoms with Crippen molar-refractivity contribution in [3.63, 3.8) is 0 Å². The van der Waals surface area contributed by atoms with E-state index in [0.717, 1.165) is 36.3 Å². The number of hydrogen-bond donors (Lipinski definition) is 0. The third-order valence-corrected chi connectivity index (χ3v) is 8.23. The van der Waals surface area contributed by atoms with Crippen molar-refractivity contribution in [1.82, 2.24) is 9.29 Å². The van der Waals surface area contributed by atoms with Crippen molar-refractivity contribution in [3.05, 3.63) is 59.3 Å². The maximum atomic E-state index is 12.9. The van der Waals surface area contributed by atoms with Gasteiger partial charge in [-0.05, 0) is 49.1 Å². The Balaban J connectivity index is 1.26. The first kappa shape index (κ1) is 22.7. The molecule has 0 atom stereocenters. The number of esters is 1. The summed E-state index contributed by atoms with van der Waals surface area (Å²) < 4.78 is 37.9. The Morgan fingerprint density at radius 1 is 1.09 bits per heavy atom. The summed E-state index contributed by atoms with van der Waals surface area (Å²) in [6.07, 6.45) is 6.26. The van der Waals surface area contributed by atoms with Gasteiger partial charge in [0.15, 0.2) is 10.8 Å². The quantitative estimate of drug-likeness (QED) is 0.442. The summed E-state index contributed by atoms with van der Waals surface area (Å²) in [5.41, 5.74) is 1.57. The van der Waals surface area contributed by atoms with Gasteiger partial charge in [0.05, 0.1) is 16.9 Å². The molecule has 0 radical (unpaired) electrons. The number of carbonyl (C=O) groups is 1. The van der Waals surface area contributed by atoms with E-state index >= 15 is 0 Å². The van der Waals surface area contributed by atoms with Crippen molar-refractivity contribution in [2.75, 3.05) is 13.1 Å². The summed E-state index contributed by atoms with van der Waals surface area (Å²) in [7, 11) is -3.46. The Labute approximate surface area is 192 Å². The minimum atomic E-state index is -3.46. The van der Waals surface area contributed by atoms with Crippen molar-refractivity contribution in [3.8, 4) is 10.8 Å². The highest BCUT2D eigenvalue weighted by atomic mass is 32.2. The van der Waals surface area contributed by atoms with Crippen LogP contribution in [-0.4, -0.2) is 36.8 Å². The molecule has 1 aliphatic heterocycles. The standard InChI is InChI=1S/C23H26N2O5S2/c26-22(30-16-19-17-31-23(24-19)21-6-5-15-29-21)12-9-18-7-10-20(11-8-18)32(27,28)25-13-3-1-2-4-14-25/h5-8,10-11,15,17H,1-4,9,12-14,16H2. The third kappa shape index (κ3) is 5.65. The van der Waals surface area contributed by atoms with Gasteiger partial charge in [0, 0.05) is 24.9 Å². The van der Waals surface area contributed by atoms with E-state index < -0.39 is 10.0 Å². The van der Waals surface area contributed by atoms with E-state index in [2.05, 4.69) is 4.98 Å². The monoisotopic (exact) mass is 474 g/mol. The highest BCUT2D eigenvalue weighted by Gasteiger charge is 2.24. The van der Waals surface area contributed by atoms with Crippen LogP contribution in [-0.2, 0) is 32.6 Å². The van der Waals surface area contributed by atoms with Crippen molar-refractivity contribution in [2.45, 2.75) is 50.0 Å². The summed E-state index contributed by atoms with van der Waals surface area (Å²) >= 11 is 1.44. The number of furan rings is 1. The number of aryl methyl sites for hydroxylation is 1. The lowest BCUT2D eigenvalue weighted by atomic mass is 10.1. The van der Waals surface area contributed by atoms with Crippen LogP contribution < -0.4 is 0 Å². The molecule has 1 fully saturated rings. The first-order chi connectivity index (χ1) is 15.5. The molecule has 1 aromatic carbocycles. The van der Waals surface area contributed by atoms with Crippen molar-refractivity contribution in [2.24, 2.45) is 0 Å². The van der Waals surface area contributed by atoms with E-state index in [-0.39, 0.29) is 19.0 Å². The maximum Gasteiger partial charge on any atom is 0.306 e. The van der Waals surface area contributed by atoms with Crippen molar-refractivity contribution in [1.29, 1.82) is 0 Å². The molecule has 3 heterocycles. The molecule has 4 rings (SSSR count). The van der Waals surface area contributed by atoms with Gasteiger partial charge < -0.3 is 9.15 Å². The predicted molar refractivity (Wildman–Crippen MR) is 122 cm³/mol. The molecule has 1 aliphatic rings. The SMILES string of the molecule is O=C(CCc1ccc(S(=O)(=O)N2CCCCCC2)cc1)OCc1csc(-c2ccco2)n1. The molecule has 2 aromatic heterocycles. The average molecular weight is 475 g/mol. The summed E-state index contributed by atoms with van der Waals surface area (Å²) in [5.74, 6) is 0.368. The van der Waals surface area contributed by atoms with Crippen LogP contribution in [0.25, 0.3) is 10.8 Å². The van der Waals surface area contributed by atoms with Crippen LogP contribution in [0.15, 0.2) is 57.4 Å². The highest BCUT2D eigenvalue weighted by molar-refractivity contribution is 7.89. The molecule has 0 amide bonds. The number of ether oxygens (including phenoxy) is 1. The molecule has 0 N–H and O–H groups in total. The summed E-state index contributed by atoms with van der Waals surface area (Å²) in [5, 5.41) is 2.59. The lowest BCUT2D eigenvalue weighted by Gasteiger charge is -2.20. The Hall–Kier alpha value is -2.49. The minimum absolute atomic E-state index is 0.114. The van der Waals surface area contributed by atoms with E-state index in [9.17, 15) is 13.2 Å². The van der Waals surface area contributed by atoms with Crippen molar-refractivity contribution >= 4 is 27.3 Å². The van der Waals surface area contributed by atoms with Crippen molar-refractivity contribution < 1.29 is 22.4 Å². The zero-order chi connectivity index (χ0) is 22.4. The predicted octanol–water partition coefficient (Wildman–Crippen LogP) is 4.64. The zero-order valence-electron chi connectivity index (χ0n) is 17.7. The first-order valence-electron chi connectivity index (χ1n) is 10.8. The molecule has 3 aromatic rings. The van der Waals surface area contributed by atoms with Gasteiger partial charge in [0.25, 0.3) is 0 Å². The molecule has 0 unspecified atom stereocenters. The van der Waals surface area contributed by atoms with Gasteiger partial charge in [-0.15, -0.1) is 11.3 Å². The minimum Gasteiger partial charge on any atom is -0.462 e. The fourth-order valence-electron chi connectivity index (χ4n) is 3.62. The number of carbonyl (C=O) groups excluding carboxylic acids is 1. The lowest BCUT2D eigenvalue weighted by Crippen LogP contribution is -2.31. The molecule has 170 valence electrons. The Bertz CT molecular complexity index is 1110. The van der Waals surface area contributed by atoms with Crippen LogP contribution in [0.5, 0.6) is 0 Å². The smallest absolute Gasteiger partial charge is 0.306 e. The topological polar surface area (TPSA) is 89.7 Å². The van der Waals surface area contributed by atoms with Gasteiger partial charge in [-0.1, -0.05) is 25.0 Å². The van der Waals surface area contributed by atoms with Crippen LogP contribution in [0.2, 0.25) is 0 Å². The fraction of sp³-hybridized carbons (Fsp3) is 0.391. The van der Waals surface area contributed by atoms with Gasteiger partial charge in [0.2, 0.25) is 10.0 Å². The number of benzene rings is 1. The van der Waals surface area contributed by atoms with Gasteiger partial charge in [-0.2, -0.15) is 4.31 Å². The second-order valence-electron chi connectivity index (χ2n) is 7.74. The number of thiazole rings is 1. The Kier molecular flexibility index (Phi) is 7.39. The highest BCUT2D eigenvalue weighted by Crippen LogP contribution is 2.24. The molecule has 0 bridgehead atoms. The largest absolute Gasteiger partial charge is 0.462 e. The van der Waals surface area contributed by atoms with Gasteiger partial charge in [-0.25, -0.2) is 13.4 Å². The second kappa shape index (κ2) is 10.4. The third-order valence-electron chi connectivity index (χ3n) is 5.41.